The van der Waals surface area contributed by atoms with E-state index in [2.05, 4.69) is 15.9 Å². The summed E-state index contributed by atoms with van der Waals surface area (Å²) in [5.41, 5.74) is 1.18. The zero-order chi connectivity index (χ0) is 15.2. The predicted octanol–water partition coefficient (Wildman–Crippen LogP) is 5.06. The minimum atomic E-state index is 0.151. The summed E-state index contributed by atoms with van der Waals surface area (Å²) in [7, 11) is 1.85. The molecule has 0 N–H and O–H groups in total. The van der Waals surface area contributed by atoms with Gasteiger partial charge in [-0.15, -0.1) is 23.1 Å². The highest BCUT2D eigenvalue weighted by Crippen LogP contribution is 2.23. The van der Waals surface area contributed by atoms with E-state index in [0.717, 1.165) is 14.6 Å². The molecule has 6 heteroatoms. The lowest BCUT2D eigenvalue weighted by atomic mass is 10.2. The summed E-state index contributed by atoms with van der Waals surface area (Å²) in [6, 6.07) is 11.8. The number of amides is 1. The van der Waals surface area contributed by atoms with Crippen LogP contribution in [0, 0.1) is 0 Å². The van der Waals surface area contributed by atoms with Crippen LogP contribution < -0.4 is 0 Å². The molecule has 0 saturated carbocycles. The van der Waals surface area contributed by atoms with Crippen LogP contribution in [0.2, 0.25) is 5.02 Å². The molecule has 0 unspecified atom stereocenters. The minimum Gasteiger partial charge on any atom is -0.340 e. The van der Waals surface area contributed by atoms with Gasteiger partial charge in [0.15, 0.2) is 0 Å². The maximum Gasteiger partial charge on any atom is 0.232 e. The molecule has 0 radical (unpaired) electrons. The number of carbonyl (C=O) groups excluding carboxylic acids is 1. The lowest BCUT2D eigenvalue weighted by Crippen LogP contribution is -2.27. The molecule has 0 atom stereocenters. The van der Waals surface area contributed by atoms with Gasteiger partial charge in [0.05, 0.1) is 16.1 Å². The van der Waals surface area contributed by atoms with Crippen LogP contribution in [0.25, 0.3) is 0 Å². The Bertz CT molecular complexity index is 600. The van der Waals surface area contributed by atoms with E-state index in [4.69, 9.17) is 11.6 Å². The van der Waals surface area contributed by atoms with Gasteiger partial charge in [-0.3, -0.25) is 4.79 Å². The molecule has 0 aliphatic heterocycles. The Morgan fingerprint density at radius 3 is 2.62 bits per heavy atom. The Balaban J connectivity index is 1.74. The number of hydrogen-bond acceptors (Lipinski definition) is 3. The zero-order valence-corrected chi connectivity index (χ0v) is 15.5. The van der Waals surface area contributed by atoms with Crippen LogP contribution in [0.15, 0.2) is 40.2 Å². The van der Waals surface area contributed by atoms with Gasteiger partial charge in [0.25, 0.3) is 0 Å². The minimum absolute atomic E-state index is 0.151. The maximum atomic E-state index is 12.1. The van der Waals surface area contributed by atoms with E-state index in [0.29, 0.717) is 12.3 Å². The number of nitrogens with zero attached hydrogens (tertiary/aromatic N) is 1. The summed E-state index contributed by atoms with van der Waals surface area (Å²) in [5, 5.41) is 0.738. The molecule has 2 rings (SSSR count). The monoisotopic (exact) mass is 403 g/mol. The smallest absolute Gasteiger partial charge is 0.232 e. The molecule has 0 aliphatic rings. The second kappa shape index (κ2) is 8.22. The van der Waals surface area contributed by atoms with Gasteiger partial charge >= 0.3 is 0 Å². The van der Waals surface area contributed by atoms with Crippen molar-refractivity contribution in [3.05, 3.63) is 55.6 Å². The molecule has 1 aromatic carbocycles. The van der Waals surface area contributed by atoms with Crippen molar-refractivity contribution in [2.75, 3.05) is 12.8 Å². The first-order valence-electron chi connectivity index (χ1n) is 6.35. The van der Waals surface area contributed by atoms with Crippen LogP contribution in [0.1, 0.15) is 10.4 Å². The number of carbonyl (C=O) groups is 1. The van der Waals surface area contributed by atoms with E-state index in [1.165, 1.54) is 10.4 Å². The van der Waals surface area contributed by atoms with Crippen molar-refractivity contribution in [2.45, 2.75) is 12.3 Å². The molecule has 112 valence electrons. The molecule has 2 aromatic rings. The lowest BCUT2D eigenvalue weighted by molar-refractivity contribution is -0.127. The second-order valence-corrected chi connectivity index (χ2v) is 8.54. The summed E-state index contributed by atoms with van der Waals surface area (Å²) in [6.45, 7) is 0.663. The van der Waals surface area contributed by atoms with Crippen molar-refractivity contribution >= 4 is 56.5 Å². The molecule has 1 aromatic heterocycles. The first kappa shape index (κ1) is 16.9. The van der Waals surface area contributed by atoms with E-state index in [1.807, 2.05) is 43.4 Å². The molecule has 2 nitrogen and oxygen atoms in total. The van der Waals surface area contributed by atoms with Gasteiger partial charge in [0.2, 0.25) is 5.91 Å². The van der Waals surface area contributed by atoms with Gasteiger partial charge < -0.3 is 4.90 Å². The normalized spacial score (nSPS) is 10.6. The van der Waals surface area contributed by atoms with Crippen molar-refractivity contribution in [1.82, 2.24) is 4.90 Å². The predicted molar refractivity (Wildman–Crippen MR) is 96.1 cm³/mol. The Morgan fingerprint density at radius 1 is 1.29 bits per heavy atom. The van der Waals surface area contributed by atoms with Gasteiger partial charge in [-0.05, 0) is 45.8 Å². The Hall–Kier alpha value is -0.490. The first-order valence-corrected chi connectivity index (χ1v) is 9.49. The summed E-state index contributed by atoms with van der Waals surface area (Å²) in [4.78, 5) is 15.0. The quantitative estimate of drug-likeness (QED) is 0.671. The van der Waals surface area contributed by atoms with Crippen LogP contribution in [0.3, 0.4) is 0 Å². The third-order valence-electron chi connectivity index (χ3n) is 2.86. The summed E-state index contributed by atoms with van der Waals surface area (Å²) in [5.74, 6) is 1.46. The number of thioether (sulfide) groups is 1. The molecule has 1 heterocycles. The standard InChI is InChI=1S/C15H15BrClNOS2/c1-18(8-13-6-7-14(16)21-13)15(19)10-20-9-11-2-4-12(17)5-3-11/h2-7H,8-10H2,1H3. The second-order valence-electron chi connectivity index (χ2n) is 4.57. The van der Waals surface area contributed by atoms with Crippen molar-refractivity contribution in [1.29, 1.82) is 0 Å². The van der Waals surface area contributed by atoms with Crippen molar-refractivity contribution in [2.24, 2.45) is 0 Å². The fourth-order valence-electron chi connectivity index (χ4n) is 1.71. The Labute approximate surface area is 146 Å². The molecular formula is C15H15BrClNOS2. The highest BCUT2D eigenvalue weighted by molar-refractivity contribution is 9.11. The topological polar surface area (TPSA) is 20.3 Å². The van der Waals surface area contributed by atoms with Crippen LogP contribution in [0.5, 0.6) is 0 Å². The van der Waals surface area contributed by atoms with Gasteiger partial charge in [-0.25, -0.2) is 0 Å². The van der Waals surface area contributed by atoms with Crippen molar-refractivity contribution < 1.29 is 4.79 Å². The van der Waals surface area contributed by atoms with E-state index in [9.17, 15) is 4.79 Å². The van der Waals surface area contributed by atoms with Gasteiger partial charge in [0.1, 0.15) is 0 Å². The third-order valence-corrected chi connectivity index (χ3v) is 5.70. The van der Waals surface area contributed by atoms with Gasteiger partial charge in [-0.2, -0.15) is 0 Å². The molecule has 1 amide bonds. The summed E-state index contributed by atoms with van der Waals surface area (Å²) in [6.07, 6.45) is 0. The molecule has 0 spiro atoms. The molecule has 21 heavy (non-hydrogen) atoms. The number of hydrogen-bond donors (Lipinski definition) is 0. The van der Waals surface area contributed by atoms with E-state index in [1.54, 1.807) is 28.0 Å². The maximum absolute atomic E-state index is 12.1. The van der Waals surface area contributed by atoms with Gasteiger partial charge in [-0.1, -0.05) is 23.7 Å². The highest BCUT2D eigenvalue weighted by Gasteiger charge is 2.10. The number of benzene rings is 1. The van der Waals surface area contributed by atoms with Crippen LogP contribution >= 0.6 is 50.6 Å². The number of thiophene rings is 1. The van der Waals surface area contributed by atoms with Crippen molar-refractivity contribution in [3.8, 4) is 0 Å². The van der Waals surface area contributed by atoms with E-state index < -0.39 is 0 Å². The Kier molecular flexibility index (Phi) is 6.61. The molecule has 0 saturated heterocycles. The molecule has 0 bridgehead atoms. The highest BCUT2D eigenvalue weighted by atomic mass is 79.9. The SMILES string of the molecule is CN(Cc1ccc(Br)s1)C(=O)CSCc1ccc(Cl)cc1. The average Bonchev–Trinajstić information content (AvgIpc) is 2.86. The van der Waals surface area contributed by atoms with Crippen LogP contribution in [-0.2, 0) is 17.1 Å². The largest absolute Gasteiger partial charge is 0.340 e. The van der Waals surface area contributed by atoms with Crippen LogP contribution in [-0.4, -0.2) is 23.6 Å². The first-order chi connectivity index (χ1) is 10.0. The molecule has 0 fully saturated rings. The average molecular weight is 405 g/mol. The summed E-state index contributed by atoms with van der Waals surface area (Å²) < 4.78 is 1.09. The zero-order valence-electron chi connectivity index (χ0n) is 11.5. The number of rotatable bonds is 6. The third kappa shape index (κ3) is 5.66. The number of halogens is 2. The molecular weight excluding hydrogens is 390 g/mol. The van der Waals surface area contributed by atoms with Crippen molar-refractivity contribution in [3.63, 3.8) is 0 Å². The van der Waals surface area contributed by atoms with E-state index >= 15 is 0 Å². The van der Waals surface area contributed by atoms with Gasteiger partial charge in [0, 0.05) is 22.7 Å². The molecule has 0 aliphatic carbocycles. The lowest BCUT2D eigenvalue weighted by Gasteiger charge is -2.15. The van der Waals surface area contributed by atoms with Crippen LogP contribution in [0.4, 0.5) is 0 Å². The fourth-order valence-corrected chi connectivity index (χ4v) is 4.29. The fraction of sp³-hybridized carbons (Fsp3) is 0.267. The summed E-state index contributed by atoms with van der Waals surface area (Å²) >= 11 is 12.6. The van der Waals surface area contributed by atoms with E-state index in [-0.39, 0.29) is 5.91 Å². The Morgan fingerprint density at radius 2 is 2.00 bits per heavy atom.